The molecule has 2 fully saturated rings. The number of hydrogen-bond donors (Lipinski definition) is 2. The predicted octanol–water partition coefficient (Wildman–Crippen LogP) is 3.12. The van der Waals surface area contributed by atoms with E-state index in [1.807, 2.05) is 42.6 Å². The van der Waals surface area contributed by atoms with Gasteiger partial charge in [-0.15, -0.1) is 0 Å². The lowest BCUT2D eigenvalue weighted by molar-refractivity contribution is -0.136. The van der Waals surface area contributed by atoms with Gasteiger partial charge in [0.2, 0.25) is 11.8 Å². The molecule has 3 aromatic rings. The molecular weight excluding hydrogens is 418 g/mol. The van der Waals surface area contributed by atoms with Crippen molar-refractivity contribution in [2.24, 2.45) is 0 Å². The maximum atomic E-state index is 13.0. The third kappa shape index (κ3) is 3.37. The molecule has 0 spiro atoms. The van der Waals surface area contributed by atoms with E-state index < -0.39 is 11.9 Å². The van der Waals surface area contributed by atoms with E-state index in [9.17, 15) is 14.4 Å². The van der Waals surface area contributed by atoms with Crippen LogP contribution in [0.1, 0.15) is 54.4 Å². The fourth-order valence-corrected chi connectivity index (χ4v) is 5.32. The zero-order valence-corrected chi connectivity index (χ0v) is 18.2. The molecule has 2 N–H and O–H groups in total. The highest BCUT2D eigenvalue weighted by molar-refractivity contribution is 6.05. The molecule has 1 saturated carbocycles. The van der Waals surface area contributed by atoms with E-state index in [4.69, 9.17) is 4.98 Å². The highest BCUT2D eigenvalue weighted by atomic mass is 16.2. The number of nitrogens with one attached hydrogen (secondary N) is 2. The van der Waals surface area contributed by atoms with Gasteiger partial charge in [0.1, 0.15) is 23.2 Å². The van der Waals surface area contributed by atoms with Gasteiger partial charge in [0, 0.05) is 36.3 Å². The Kier molecular flexibility index (Phi) is 4.67. The van der Waals surface area contributed by atoms with E-state index >= 15 is 0 Å². The van der Waals surface area contributed by atoms with Gasteiger partial charge in [0.15, 0.2) is 0 Å². The second-order valence-electron chi connectivity index (χ2n) is 9.14. The number of pyridine rings is 1. The average molecular weight is 444 g/mol. The van der Waals surface area contributed by atoms with Crippen molar-refractivity contribution in [1.29, 1.82) is 0 Å². The van der Waals surface area contributed by atoms with Crippen molar-refractivity contribution < 1.29 is 14.4 Å². The van der Waals surface area contributed by atoms with Crippen LogP contribution in [-0.4, -0.2) is 44.1 Å². The molecule has 1 atom stereocenters. The molecule has 1 saturated heterocycles. The Bertz CT molecular complexity index is 1290. The van der Waals surface area contributed by atoms with Crippen LogP contribution in [0.2, 0.25) is 0 Å². The molecule has 33 heavy (non-hydrogen) atoms. The van der Waals surface area contributed by atoms with Crippen LogP contribution in [0.5, 0.6) is 0 Å². The molecule has 2 aromatic heterocycles. The zero-order chi connectivity index (χ0) is 22.5. The lowest BCUT2D eigenvalue weighted by atomic mass is 10.0. The number of amides is 3. The molecule has 1 aliphatic carbocycles. The van der Waals surface area contributed by atoms with Gasteiger partial charge in [-0.3, -0.25) is 24.1 Å². The van der Waals surface area contributed by atoms with Crippen molar-refractivity contribution in [2.75, 3.05) is 5.32 Å². The van der Waals surface area contributed by atoms with E-state index in [1.54, 1.807) is 4.90 Å². The monoisotopic (exact) mass is 443 g/mol. The van der Waals surface area contributed by atoms with Crippen LogP contribution >= 0.6 is 0 Å². The number of hydrogen-bond acceptors (Lipinski definition) is 5. The second-order valence-corrected chi connectivity index (χ2v) is 9.14. The summed E-state index contributed by atoms with van der Waals surface area (Å²) in [4.78, 5) is 43.4. The number of fused-ring (bicyclic) bond motifs is 2. The summed E-state index contributed by atoms with van der Waals surface area (Å²) < 4.78 is 2.09. The summed E-state index contributed by atoms with van der Waals surface area (Å²) in [7, 11) is 0. The van der Waals surface area contributed by atoms with Crippen molar-refractivity contribution in [2.45, 2.75) is 57.2 Å². The Morgan fingerprint density at radius 2 is 1.88 bits per heavy atom. The van der Waals surface area contributed by atoms with Crippen molar-refractivity contribution in [3.8, 4) is 11.3 Å². The molecule has 0 radical (unpaired) electrons. The van der Waals surface area contributed by atoms with Gasteiger partial charge in [-0.05, 0) is 49.1 Å². The first kappa shape index (κ1) is 20.0. The predicted molar refractivity (Wildman–Crippen MR) is 123 cm³/mol. The molecule has 1 aromatic carbocycles. The molecule has 1 unspecified atom stereocenters. The highest BCUT2D eigenvalue weighted by Gasteiger charge is 2.39. The first-order chi connectivity index (χ1) is 16.1. The van der Waals surface area contributed by atoms with Crippen LogP contribution in [0.25, 0.3) is 16.9 Å². The number of nitrogens with zero attached hydrogens (tertiary/aromatic N) is 3. The number of imide groups is 1. The third-order valence-electron chi connectivity index (χ3n) is 7.02. The average Bonchev–Trinajstić information content (AvgIpc) is 3.53. The summed E-state index contributed by atoms with van der Waals surface area (Å²) in [6.07, 6.45) is 7.41. The molecule has 3 amide bonds. The molecule has 8 heteroatoms. The highest BCUT2D eigenvalue weighted by Crippen LogP contribution is 2.35. The fraction of sp³-hybridized carbons (Fsp3) is 0.360. The Morgan fingerprint density at radius 1 is 1.03 bits per heavy atom. The van der Waals surface area contributed by atoms with Crippen molar-refractivity contribution in [3.05, 3.63) is 53.7 Å². The van der Waals surface area contributed by atoms with Crippen LogP contribution in [0, 0.1) is 0 Å². The molecule has 168 valence electrons. The Morgan fingerprint density at radius 3 is 2.70 bits per heavy atom. The number of anilines is 1. The fourth-order valence-electron chi connectivity index (χ4n) is 5.32. The Balaban J connectivity index is 1.35. The van der Waals surface area contributed by atoms with Crippen LogP contribution in [-0.2, 0) is 16.1 Å². The van der Waals surface area contributed by atoms with Crippen LogP contribution in [0.15, 0.2) is 42.6 Å². The largest absolute Gasteiger partial charge is 0.367 e. The minimum absolute atomic E-state index is 0.162. The number of aromatic nitrogens is 2. The lowest BCUT2D eigenvalue weighted by Gasteiger charge is -2.29. The molecular formula is C25H25N5O3. The molecule has 8 nitrogen and oxygen atoms in total. The third-order valence-corrected chi connectivity index (χ3v) is 7.02. The zero-order valence-electron chi connectivity index (χ0n) is 18.2. The molecule has 3 aliphatic rings. The maximum absolute atomic E-state index is 13.0. The van der Waals surface area contributed by atoms with E-state index in [0.29, 0.717) is 24.6 Å². The van der Waals surface area contributed by atoms with Gasteiger partial charge in [-0.1, -0.05) is 25.0 Å². The van der Waals surface area contributed by atoms with Gasteiger partial charge in [0.25, 0.3) is 5.91 Å². The van der Waals surface area contributed by atoms with Gasteiger partial charge in [-0.2, -0.15) is 0 Å². The summed E-state index contributed by atoms with van der Waals surface area (Å²) in [5.41, 5.74) is 4.16. The summed E-state index contributed by atoms with van der Waals surface area (Å²) in [6, 6.07) is 11.6. The van der Waals surface area contributed by atoms with Crippen LogP contribution in [0.3, 0.4) is 0 Å². The molecule has 4 heterocycles. The summed E-state index contributed by atoms with van der Waals surface area (Å²) in [5, 5.41) is 6.07. The van der Waals surface area contributed by atoms with Crippen molar-refractivity contribution in [3.63, 3.8) is 0 Å². The molecule has 6 rings (SSSR count). The van der Waals surface area contributed by atoms with Crippen LogP contribution in [0.4, 0.5) is 5.82 Å². The number of imidazole rings is 1. The van der Waals surface area contributed by atoms with Gasteiger partial charge >= 0.3 is 0 Å². The number of rotatable bonds is 4. The Hall–Kier alpha value is -3.68. The minimum atomic E-state index is -0.610. The lowest BCUT2D eigenvalue weighted by Crippen LogP contribution is -2.52. The minimum Gasteiger partial charge on any atom is -0.367 e. The van der Waals surface area contributed by atoms with Crippen molar-refractivity contribution >= 4 is 29.2 Å². The number of carbonyl (C=O) groups is 3. The van der Waals surface area contributed by atoms with E-state index in [1.165, 1.54) is 12.8 Å². The number of carbonyl (C=O) groups excluding carboxylic acids is 3. The summed E-state index contributed by atoms with van der Waals surface area (Å²) in [5.74, 6) is 0.141. The Labute approximate surface area is 191 Å². The number of piperidine rings is 1. The van der Waals surface area contributed by atoms with E-state index in [2.05, 4.69) is 15.0 Å². The second kappa shape index (κ2) is 7.72. The standard InChI is InChI=1S/C25H25N5O3/c31-21-11-10-19(24(32)28-21)30-14-16-13-15(8-9-18(16)25(30)33)22-23(26-17-5-1-2-6-17)29-12-4-3-7-20(29)27-22/h3-4,7-9,12-13,17,19,26H,1-2,5-6,10-11,14H2,(H,28,31,32). The van der Waals surface area contributed by atoms with E-state index in [-0.39, 0.29) is 18.2 Å². The van der Waals surface area contributed by atoms with Crippen LogP contribution < -0.4 is 10.6 Å². The van der Waals surface area contributed by atoms with E-state index in [0.717, 1.165) is 41.1 Å². The molecule has 2 aliphatic heterocycles. The topological polar surface area (TPSA) is 95.8 Å². The molecule has 0 bridgehead atoms. The normalized spacial score (nSPS) is 21.0. The summed E-state index contributed by atoms with van der Waals surface area (Å²) in [6.45, 7) is 0.354. The van der Waals surface area contributed by atoms with Gasteiger partial charge in [0.05, 0.1) is 0 Å². The quantitative estimate of drug-likeness (QED) is 0.604. The maximum Gasteiger partial charge on any atom is 0.255 e. The first-order valence-corrected chi connectivity index (χ1v) is 11.6. The SMILES string of the molecule is O=C1CCC(N2Cc3cc(-c4nc5ccccn5c4NC4CCCC4)ccc3C2=O)C(=O)N1. The first-order valence-electron chi connectivity index (χ1n) is 11.6. The van der Waals surface area contributed by atoms with Crippen molar-refractivity contribution in [1.82, 2.24) is 19.6 Å². The smallest absolute Gasteiger partial charge is 0.255 e. The number of benzene rings is 1. The summed E-state index contributed by atoms with van der Waals surface area (Å²) >= 11 is 0. The van der Waals surface area contributed by atoms with Gasteiger partial charge in [-0.25, -0.2) is 4.98 Å². The van der Waals surface area contributed by atoms with Gasteiger partial charge < -0.3 is 10.2 Å².